The van der Waals surface area contributed by atoms with Crippen LogP contribution in [0.4, 0.5) is 0 Å². The zero-order valence-electron chi connectivity index (χ0n) is 15.7. The Kier molecular flexibility index (Phi) is 5.89. The van der Waals surface area contributed by atoms with Crippen LogP contribution in [-0.2, 0) is 9.53 Å². The molecule has 0 fully saturated rings. The molecule has 0 heterocycles. The number of ketones is 2. The van der Waals surface area contributed by atoms with E-state index in [9.17, 15) is 14.4 Å². The van der Waals surface area contributed by atoms with Gasteiger partial charge in [-0.2, -0.15) is 0 Å². The van der Waals surface area contributed by atoms with Gasteiger partial charge in [-0.05, 0) is 42.7 Å². The van der Waals surface area contributed by atoms with Gasteiger partial charge in [-0.25, -0.2) is 4.79 Å². The molecule has 6 heteroatoms. The molecule has 6 nitrogen and oxygen atoms in total. The summed E-state index contributed by atoms with van der Waals surface area (Å²) in [5, 5.41) is 0. The fraction of sp³-hybridized carbons (Fsp3) is 0.227. The summed E-state index contributed by atoms with van der Waals surface area (Å²) in [6, 6.07) is 11.9. The van der Waals surface area contributed by atoms with E-state index in [1.807, 2.05) is 6.07 Å². The Bertz CT molecular complexity index is 943. The second-order valence-electron chi connectivity index (χ2n) is 6.23. The molecule has 0 unspecified atom stereocenters. The highest BCUT2D eigenvalue weighted by molar-refractivity contribution is 6.52. The number of fused-ring (bicyclic) bond motifs is 1. The van der Waals surface area contributed by atoms with Crippen LogP contribution in [0.3, 0.4) is 0 Å². The molecule has 144 valence electrons. The molecule has 1 aliphatic carbocycles. The van der Waals surface area contributed by atoms with Crippen molar-refractivity contribution in [3.8, 4) is 11.5 Å². The molecule has 0 N–H and O–H groups in total. The van der Waals surface area contributed by atoms with Crippen molar-refractivity contribution >= 4 is 23.6 Å². The van der Waals surface area contributed by atoms with Gasteiger partial charge in [0.1, 0.15) is 11.5 Å². The first-order chi connectivity index (χ1) is 13.5. The monoisotopic (exact) mass is 380 g/mol. The molecule has 0 saturated heterocycles. The second-order valence-corrected chi connectivity index (χ2v) is 6.23. The number of carbonyl (C=O) groups is 3. The number of allylic oxidation sites excluding steroid dienone is 1. The van der Waals surface area contributed by atoms with Crippen LogP contribution in [0.2, 0.25) is 0 Å². The van der Waals surface area contributed by atoms with E-state index >= 15 is 0 Å². The van der Waals surface area contributed by atoms with Crippen LogP contribution in [0, 0.1) is 0 Å². The number of methoxy groups -OCH3 is 2. The van der Waals surface area contributed by atoms with Crippen molar-refractivity contribution in [2.24, 2.45) is 0 Å². The van der Waals surface area contributed by atoms with Gasteiger partial charge in [0.25, 0.3) is 0 Å². The lowest BCUT2D eigenvalue weighted by Gasteiger charge is -2.18. The Labute approximate surface area is 162 Å². The first-order valence-electron chi connectivity index (χ1n) is 8.83. The molecule has 0 aromatic heterocycles. The Morgan fingerprint density at radius 2 is 1.71 bits per heavy atom. The maximum Gasteiger partial charge on any atom is 0.338 e. The molecule has 2 aromatic carbocycles. The third-order valence-electron chi connectivity index (χ3n) is 4.45. The molecular weight excluding hydrogens is 360 g/mol. The van der Waals surface area contributed by atoms with E-state index < -0.39 is 17.5 Å². The zero-order chi connectivity index (χ0) is 20.1. The van der Waals surface area contributed by atoms with Crippen LogP contribution < -0.4 is 9.47 Å². The molecule has 2 aromatic rings. The van der Waals surface area contributed by atoms with Crippen molar-refractivity contribution in [3.63, 3.8) is 0 Å². The van der Waals surface area contributed by atoms with Gasteiger partial charge in [0.15, 0.2) is 0 Å². The van der Waals surface area contributed by atoms with Crippen molar-refractivity contribution in [3.05, 3.63) is 64.7 Å². The minimum atomic E-state index is -0.603. The summed E-state index contributed by atoms with van der Waals surface area (Å²) < 4.78 is 15.7. The summed E-state index contributed by atoms with van der Waals surface area (Å²) in [7, 11) is 2.95. The summed E-state index contributed by atoms with van der Waals surface area (Å²) >= 11 is 0. The average molecular weight is 380 g/mol. The maximum atomic E-state index is 12.5. The molecular formula is C22H20O6. The normalized spacial score (nSPS) is 12.9. The topological polar surface area (TPSA) is 78.9 Å². The Hall–Kier alpha value is -3.41. The van der Waals surface area contributed by atoms with Gasteiger partial charge in [-0.15, -0.1) is 0 Å². The number of rotatable bonds is 7. The highest BCUT2D eigenvalue weighted by atomic mass is 16.5. The number of carbonyl (C=O) groups excluding carboxylic acids is 3. The lowest BCUT2D eigenvalue weighted by Crippen LogP contribution is -2.22. The van der Waals surface area contributed by atoms with Gasteiger partial charge in [-0.3, -0.25) is 9.59 Å². The molecule has 0 atom stereocenters. The van der Waals surface area contributed by atoms with Crippen LogP contribution >= 0.6 is 0 Å². The van der Waals surface area contributed by atoms with Crippen molar-refractivity contribution in [1.82, 2.24) is 0 Å². The van der Waals surface area contributed by atoms with Crippen molar-refractivity contribution in [2.45, 2.75) is 12.8 Å². The highest BCUT2D eigenvalue weighted by Gasteiger charge is 2.30. The largest absolute Gasteiger partial charge is 0.497 e. The maximum absolute atomic E-state index is 12.5. The molecule has 0 spiro atoms. The predicted molar refractivity (Wildman–Crippen MR) is 103 cm³/mol. The van der Waals surface area contributed by atoms with Crippen LogP contribution in [-0.4, -0.2) is 38.4 Å². The van der Waals surface area contributed by atoms with E-state index in [2.05, 4.69) is 0 Å². The molecule has 0 radical (unpaired) electrons. The molecule has 0 saturated carbocycles. The average Bonchev–Trinajstić information content (AvgIpc) is 2.73. The quantitative estimate of drug-likeness (QED) is 0.416. The number of Topliss-reactive ketones (excluding diaryl/α,β-unsaturated/α-hetero) is 2. The minimum Gasteiger partial charge on any atom is -0.497 e. The van der Waals surface area contributed by atoms with E-state index in [0.29, 0.717) is 41.0 Å². The fourth-order valence-corrected chi connectivity index (χ4v) is 3.03. The van der Waals surface area contributed by atoms with Gasteiger partial charge in [0.05, 0.1) is 32.0 Å². The standard InChI is InChI=1S/C22H20O6/c1-26-17-12-16-11-15(20(23)21(24)19(16)18(13-17)27-2)9-6-10-28-22(25)14-7-4-3-5-8-14/h3-5,7-8,11-13H,6,9-10H2,1-2H3. The van der Waals surface area contributed by atoms with Crippen LogP contribution in [0.25, 0.3) is 6.08 Å². The molecule has 0 bridgehead atoms. The van der Waals surface area contributed by atoms with Gasteiger partial charge >= 0.3 is 5.97 Å². The first kappa shape index (κ1) is 19.4. The van der Waals surface area contributed by atoms with E-state index in [1.54, 1.807) is 42.5 Å². The van der Waals surface area contributed by atoms with E-state index in [1.165, 1.54) is 14.2 Å². The summed E-state index contributed by atoms with van der Waals surface area (Å²) in [6.07, 6.45) is 2.43. The van der Waals surface area contributed by atoms with Crippen LogP contribution in [0.5, 0.6) is 11.5 Å². The molecule has 1 aliphatic rings. The number of benzene rings is 2. The van der Waals surface area contributed by atoms with Crippen molar-refractivity contribution in [1.29, 1.82) is 0 Å². The second kappa shape index (κ2) is 8.52. The fourth-order valence-electron chi connectivity index (χ4n) is 3.03. The van der Waals surface area contributed by atoms with Gasteiger partial charge in [0, 0.05) is 11.6 Å². The number of ether oxygens (including phenoxy) is 3. The smallest absolute Gasteiger partial charge is 0.338 e. The molecule has 0 aliphatic heterocycles. The van der Waals surface area contributed by atoms with E-state index in [0.717, 1.165) is 0 Å². The minimum absolute atomic E-state index is 0.154. The van der Waals surface area contributed by atoms with Crippen molar-refractivity contribution in [2.75, 3.05) is 20.8 Å². The summed E-state index contributed by atoms with van der Waals surface area (Å²) in [4.78, 5) is 36.9. The zero-order valence-corrected chi connectivity index (χ0v) is 15.7. The number of hydrogen-bond donors (Lipinski definition) is 0. The van der Waals surface area contributed by atoms with Gasteiger partial charge in [-0.1, -0.05) is 18.2 Å². The Balaban J connectivity index is 1.69. The summed E-state index contributed by atoms with van der Waals surface area (Å²) in [5.74, 6) is -0.746. The third-order valence-corrected chi connectivity index (χ3v) is 4.45. The molecule has 28 heavy (non-hydrogen) atoms. The Morgan fingerprint density at radius 1 is 0.964 bits per heavy atom. The van der Waals surface area contributed by atoms with Crippen molar-refractivity contribution < 1.29 is 28.6 Å². The van der Waals surface area contributed by atoms with Crippen LogP contribution in [0.15, 0.2) is 48.0 Å². The van der Waals surface area contributed by atoms with Gasteiger partial charge in [0.2, 0.25) is 11.6 Å². The molecule has 0 amide bonds. The van der Waals surface area contributed by atoms with E-state index in [4.69, 9.17) is 14.2 Å². The summed E-state index contributed by atoms with van der Waals surface area (Å²) in [6.45, 7) is 0.154. The number of esters is 1. The van der Waals surface area contributed by atoms with E-state index in [-0.39, 0.29) is 12.2 Å². The lowest BCUT2D eigenvalue weighted by atomic mass is 9.87. The Morgan fingerprint density at radius 3 is 2.39 bits per heavy atom. The van der Waals surface area contributed by atoms with Crippen LogP contribution in [0.1, 0.15) is 39.1 Å². The third kappa shape index (κ3) is 3.96. The summed E-state index contributed by atoms with van der Waals surface area (Å²) in [5.41, 5.74) is 1.67. The number of hydrogen-bond acceptors (Lipinski definition) is 6. The van der Waals surface area contributed by atoms with Gasteiger partial charge < -0.3 is 14.2 Å². The molecule has 3 rings (SSSR count). The highest BCUT2D eigenvalue weighted by Crippen LogP contribution is 2.34. The SMILES string of the molecule is COc1cc2c(c(OC)c1)C(=O)C(=O)C(CCCOC(=O)c1ccccc1)=C2. The lowest BCUT2D eigenvalue weighted by molar-refractivity contribution is -0.112. The predicted octanol–water partition coefficient (Wildman–Crippen LogP) is 3.49. The first-order valence-corrected chi connectivity index (χ1v) is 8.83.